The molecule has 0 amide bonds. The molecule has 0 aliphatic rings. The van der Waals surface area contributed by atoms with Crippen molar-refractivity contribution in [3.05, 3.63) is 52.8 Å². The lowest BCUT2D eigenvalue weighted by Gasteiger charge is -2.20. The van der Waals surface area contributed by atoms with Crippen LogP contribution in [0.5, 0.6) is 0 Å². The summed E-state index contributed by atoms with van der Waals surface area (Å²) in [6.07, 6.45) is -0.204. The first kappa shape index (κ1) is 20.3. The van der Waals surface area contributed by atoms with Crippen molar-refractivity contribution in [3.63, 3.8) is 0 Å². The molecule has 0 fully saturated rings. The molecule has 1 aromatic carbocycles. The van der Waals surface area contributed by atoms with Crippen molar-refractivity contribution in [2.75, 3.05) is 6.54 Å². The summed E-state index contributed by atoms with van der Waals surface area (Å²) in [5.74, 6) is 0.585. The molecule has 2 unspecified atom stereocenters. The Morgan fingerprint density at radius 3 is 2.46 bits per heavy atom. The zero-order chi connectivity index (χ0) is 19.3. The van der Waals surface area contributed by atoms with Crippen LogP contribution >= 0.6 is 0 Å². The van der Waals surface area contributed by atoms with Crippen LogP contribution in [0, 0.1) is 19.8 Å². The van der Waals surface area contributed by atoms with Crippen molar-refractivity contribution < 1.29 is 9.90 Å². The number of aliphatic hydroxyl groups is 1. The van der Waals surface area contributed by atoms with Crippen molar-refractivity contribution in [2.24, 2.45) is 5.92 Å². The minimum atomic E-state index is -0.594. The van der Waals surface area contributed by atoms with Crippen LogP contribution in [0.2, 0.25) is 0 Å². The fourth-order valence-electron chi connectivity index (χ4n) is 3.21. The highest BCUT2D eigenvalue weighted by molar-refractivity contribution is 5.98. The number of rotatable bonds is 9. The van der Waals surface area contributed by atoms with Crippen molar-refractivity contribution in [1.29, 1.82) is 0 Å². The molecule has 2 N–H and O–H groups in total. The van der Waals surface area contributed by atoms with Crippen LogP contribution in [-0.4, -0.2) is 33.3 Å². The van der Waals surface area contributed by atoms with Gasteiger partial charge in [-0.3, -0.25) is 9.48 Å². The maximum absolute atomic E-state index is 12.7. The Morgan fingerprint density at radius 1 is 1.19 bits per heavy atom. The number of nitrogens with one attached hydrogen (secondary N) is 1. The number of hydrogen-bond acceptors (Lipinski definition) is 4. The third-order valence-electron chi connectivity index (χ3n) is 4.63. The monoisotopic (exact) mass is 357 g/mol. The van der Waals surface area contributed by atoms with E-state index >= 15 is 0 Å². The standard InChI is InChI=1S/C21H31N3O2/c1-14(2)13-24-17(5)20(15(3)23-24)19(25)11-12-22-16(4)21(26)18-9-7-6-8-10-18/h6-10,14,16,21-22,26H,11-13H2,1-5H3. The highest BCUT2D eigenvalue weighted by atomic mass is 16.3. The average molecular weight is 357 g/mol. The molecule has 0 aliphatic heterocycles. The number of aliphatic hydroxyl groups excluding tert-OH is 1. The second-order valence-corrected chi connectivity index (χ2v) is 7.39. The van der Waals surface area contributed by atoms with Crippen LogP contribution in [0.1, 0.15) is 60.6 Å². The Morgan fingerprint density at radius 2 is 1.85 bits per heavy atom. The van der Waals surface area contributed by atoms with Crippen molar-refractivity contribution in [2.45, 2.75) is 59.7 Å². The lowest BCUT2D eigenvalue weighted by molar-refractivity contribution is 0.0971. The Hall–Kier alpha value is -1.98. The first-order valence-electron chi connectivity index (χ1n) is 9.34. The number of aryl methyl sites for hydroxylation is 1. The highest BCUT2D eigenvalue weighted by Crippen LogP contribution is 2.18. The second kappa shape index (κ2) is 9.10. The fourth-order valence-corrected chi connectivity index (χ4v) is 3.21. The van der Waals surface area contributed by atoms with Gasteiger partial charge in [-0.1, -0.05) is 44.2 Å². The van der Waals surface area contributed by atoms with Crippen LogP contribution in [-0.2, 0) is 6.54 Å². The zero-order valence-corrected chi connectivity index (χ0v) is 16.5. The summed E-state index contributed by atoms with van der Waals surface area (Å²) in [5.41, 5.74) is 3.35. The summed E-state index contributed by atoms with van der Waals surface area (Å²) in [4.78, 5) is 12.7. The van der Waals surface area contributed by atoms with E-state index < -0.39 is 6.10 Å². The Balaban J connectivity index is 1.92. The molecule has 26 heavy (non-hydrogen) atoms. The molecule has 0 spiro atoms. The van der Waals surface area contributed by atoms with E-state index in [1.165, 1.54) is 0 Å². The van der Waals surface area contributed by atoms with Gasteiger partial charge in [0, 0.05) is 31.2 Å². The Labute approximate surface area is 156 Å². The third kappa shape index (κ3) is 5.02. The highest BCUT2D eigenvalue weighted by Gasteiger charge is 2.20. The van der Waals surface area contributed by atoms with Crippen LogP contribution in [0.15, 0.2) is 30.3 Å². The van der Waals surface area contributed by atoms with E-state index in [1.54, 1.807) is 0 Å². The number of hydrogen-bond donors (Lipinski definition) is 2. The molecule has 1 aromatic heterocycles. The first-order chi connectivity index (χ1) is 12.3. The van der Waals surface area contributed by atoms with E-state index in [1.807, 2.05) is 55.8 Å². The summed E-state index contributed by atoms with van der Waals surface area (Å²) in [6, 6.07) is 9.44. The molecular formula is C21H31N3O2. The summed E-state index contributed by atoms with van der Waals surface area (Å²) < 4.78 is 1.93. The second-order valence-electron chi connectivity index (χ2n) is 7.39. The predicted molar refractivity (Wildman–Crippen MR) is 104 cm³/mol. The molecule has 2 atom stereocenters. The van der Waals surface area contributed by atoms with Gasteiger partial charge in [-0.2, -0.15) is 5.10 Å². The van der Waals surface area contributed by atoms with Gasteiger partial charge in [0.2, 0.25) is 0 Å². The van der Waals surface area contributed by atoms with E-state index in [0.29, 0.717) is 18.9 Å². The smallest absolute Gasteiger partial charge is 0.167 e. The van der Waals surface area contributed by atoms with Gasteiger partial charge in [-0.25, -0.2) is 0 Å². The van der Waals surface area contributed by atoms with Gasteiger partial charge in [0.1, 0.15) is 0 Å². The summed E-state index contributed by atoms with van der Waals surface area (Å²) in [5, 5.41) is 18.2. The number of benzene rings is 1. The minimum Gasteiger partial charge on any atom is -0.387 e. The SMILES string of the molecule is Cc1nn(CC(C)C)c(C)c1C(=O)CCNC(C)C(O)c1ccccc1. The van der Waals surface area contributed by atoms with Gasteiger partial charge >= 0.3 is 0 Å². The number of carbonyl (C=O) groups is 1. The van der Waals surface area contributed by atoms with Crippen molar-refractivity contribution >= 4 is 5.78 Å². The maximum atomic E-state index is 12.7. The molecule has 0 radical (unpaired) electrons. The third-order valence-corrected chi connectivity index (χ3v) is 4.63. The number of ketones is 1. The lowest BCUT2D eigenvalue weighted by atomic mass is 10.0. The van der Waals surface area contributed by atoms with Gasteiger partial charge in [0.15, 0.2) is 5.78 Å². The summed E-state index contributed by atoms with van der Waals surface area (Å²) in [7, 11) is 0. The van der Waals surface area contributed by atoms with Gasteiger partial charge in [0.25, 0.3) is 0 Å². The minimum absolute atomic E-state index is 0.101. The van der Waals surface area contributed by atoms with Gasteiger partial charge < -0.3 is 10.4 Å². The van der Waals surface area contributed by atoms with Crippen molar-refractivity contribution in [1.82, 2.24) is 15.1 Å². The molecule has 0 aliphatic carbocycles. The number of carbonyl (C=O) groups excluding carboxylic acids is 1. The topological polar surface area (TPSA) is 67.2 Å². The molecule has 2 rings (SSSR count). The van der Waals surface area contributed by atoms with Crippen molar-refractivity contribution in [3.8, 4) is 0 Å². The van der Waals surface area contributed by atoms with Gasteiger partial charge in [-0.05, 0) is 32.3 Å². The Kier molecular flexibility index (Phi) is 7.12. The van der Waals surface area contributed by atoms with E-state index in [-0.39, 0.29) is 11.8 Å². The molecule has 5 nitrogen and oxygen atoms in total. The molecule has 5 heteroatoms. The van der Waals surface area contributed by atoms with E-state index in [2.05, 4.69) is 24.3 Å². The molecule has 142 valence electrons. The molecule has 0 saturated carbocycles. The van der Waals surface area contributed by atoms with Gasteiger partial charge in [-0.15, -0.1) is 0 Å². The summed E-state index contributed by atoms with van der Waals surface area (Å²) >= 11 is 0. The average Bonchev–Trinajstić information content (AvgIpc) is 2.87. The molecule has 0 bridgehead atoms. The normalized spacial score (nSPS) is 13.8. The predicted octanol–water partition coefficient (Wildman–Crippen LogP) is 3.44. The van der Waals surface area contributed by atoms with Crippen LogP contribution in [0.25, 0.3) is 0 Å². The maximum Gasteiger partial charge on any atom is 0.167 e. The zero-order valence-electron chi connectivity index (χ0n) is 16.5. The van der Waals surface area contributed by atoms with E-state index in [9.17, 15) is 9.90 Å². The van der Waals surface area contributed by atoms with E-state index in [0.717, 1.165) is 29.1 Å². The Bertz CT molecular complexity index is 722. The number of Topliss-reactive ketones (excluding diaryl/α,β-unsaturated/α-hetero) is 1. The first-order valence-corrected chi connectivity index (χ1v) is 9.34. The van der Waals surface area contributed by atoms with E-state index in [4.69, 9.17) is 0 Å². The number of aromatic nitrogens is 2. The lowest BCUT2D eigenvalue weighted by Crippen LogP contribution is -2.33. The van der Waals surface area contributed by atoms with Gasteiger partial charge in [0.05, 0.1) is 17.4 Å². The molecule has 1 heterocycles. The number of nitrogens with zero attached hydrogens (tertiary/aromatic N) is 2. The molecule has 0 saturated heterocycles. The molecular weight excluding hydrogens is 326 g/mol. The quantitative estimate of drug-likeness (QED) is 0.675. The largest absolute Gasteiger partial charge is 0.387 e. The molecule has 2 aromatic rings. The summed E-state index contributed by atoms with van der Waals surface area (Å²) in [6.45, 7) is 11.4. The van der Waals surface area contributed by atoms with Crippen LogP contribution in [0.4, 0.5) is 0 Å². The van der Waals surface area contributed by atoms with Crippen LogP contribution < -0.4 is 5.32 Å². The fraction of sp³-hybridized carbons (Fsp3) is 0.524. The van der Waals surface area contributed by atoms with Crippen LogP contribution in [0.3, 0.4) is 0 Å².